The summed E-state index contributed by atoms with van der Waals surface area (Å²) in [5.41, 5.74) is 0.171. The molecule has 1 heterocycles. The van der Waals surface area contributed by atoms with E-state index in [2.05, 4.69) is 18.9 Å². The van der Waals surface area contributed by atoms with Gasteiger partial charge in [0.25, 0.3) is 0 Å². The van der Waals surface area contributed by atoms with Crippen LogP contribution in [0, 0.1) is 0 Å². The van der Waals surface area contributed by atoms with Crippen molar-refractivity contribution in [3.63, 3.8) is 0 Å². The molecule has 100 valence electrons. The van der Waals surface area contributed by atoms with Gasteiger partial charge in [0.1, 0.15) is 0 Å². The highest BCUT2D eigenvalue weighted by Crippen LogP contribution is 2.39. The van der Waals surface area contributed by atoms with Gasteiger partial charge in [-0.3, -0.25) is 4.90 Å². The molecule has 0 bridgehead atoms. The SMILES string of the molecule is CC(CO)N(C)C1CCOC2(CCCCC2)C1. The van der Waals surface area contributed by atoms with Crippen LogP contribution in [0.1, 0.15) is 51.9 Å². The normalized spacial score (nSPS) is 30.7. The monoisotopic (exact) mass is 241 g/mol. The van der Waals surface area contributed by atoms with Crippen molar-refractivity contribution in [2.24, 2.45) is 0 Å². The Morgan fingerprint density at radius 3 is 2.71 bits per heavy atom. The Hall–Kier alpha value is -0.120. The predicted octanol–water partition coefficient (Wildman–Crippen LogP) is 2.18. The summed E-state index contributed by atoms with van der Waals surface area (Å²) in [6.07, 6.45) is 8.78. The number of hydrogen-bond donors (Lipinski definition) is 1. The third-order valence-electron chi connectivity index (χ3n) is 4.77. The Balaban J connectivity index is 1.96. The zero-order valence-corrected chi connectivity index (χ0v) is 11.3. The second-order valence-corrected chi connectivity index (χ2v) is 5.94. The van der Waals surface area contributed by atoms with E-state index in [-0.39, 0.29) is 18.2 Å². The topological polar surface area (TPSA) is 32.7 Å². The summed E-state index contributed by atoms with van der Waals surface area (Å²) in [5, 5.41) is 9.26. The number of rotatable bonds is 3. The van der Waals surface area contributed by atoms with Gasteiger partial charge in [0, 0.05) is 18.7 Å². The van der Waals surface area contributed by atoms with E-state index in [1.807, 2.05) is 0 Å². The van der Waals surface area contributed by atoms with E-state index in [0.29, 0.717) is 6.04 Å². The molecule has 1 saturated carbocycles. The molecule has 1 N–H and O–H groups in total. The molecule has 3 heteroatoms. The third kappa shape index (κ3) is 3.01. The van der Waals surface area contributed by atoms with E-state index in [1.165, 1.54) is 32.1 Å². The first-order valence-corrected chi connectivity index (χ1v) is 7.14. The van der Waals surface area contributed by atoms with Gasteiger partial charge in [-0.1, -0.05) is 19.3 Å². The fourth-order valence-corrected chi connectivity index (χ4v) is 3.38. The molecule has 17 heavy (non-hydrogen) atoms. The first-order chi connectivity index (χ1) is 8.17. The molecule has 2 atom stereocenters. The summed E-state index contributed by atoms with van der Waals surface area (Å²) in [6, 6.07) is 0.850. The van der Waals surface area contributed by atoms with Crippen molar-refractivity contribution in [3.05, 3.63) is 0 Å². The summed E-state index contributed by atoms with van der Waals surface area (Å²) in [4.78, 5) is 2.35. The maximum atomic E-state index is 9.26. The van der Waals surface area contributed by atoms with E-state index in [0.717, 1.165) is 19.4 Å². The molecule has 1 saturated heterocycles. The standard InChI is InChI=1S/C14H27NO2/c1-12(11-16)15(2)13-6-9-17-14(10-13)7-4-3-5-8-14/h12-13,16H,3-11H2,1-2H3. The molecule has 1 aliphatic carbocycles. The summed E-state index contributed by atoms with van der Waals surface area (Å²) in [5.74, 6) is 0. The largest absolute Gasteiger partial charge is 0.395 e. The molecule has 2 aliphatic rings. The number of ether oxygens (including phenoxy) is 1. The van der Waals surface area contributed by atoms with Gasteiger partial charge in [0.2, 0.25) is 0 Å². The molecule has 1 aliphatic heterocycles. The molecule has 2 fully saturated rings. The van der Waals surface area contributed by atoms with Crippen molar-refractivity contribution in [2.75, 3.05) is 20.3 Å². The maximum absolute atomic E-state index is 9.26. The summed E-state index contributed by atoms with van der Waals surface area (Å²) < 4.78 is 6.11. The molecule has 2 unspecified atom stereocenters. The fraction of sp³-hybridized carbons (Fsp3) is 1.00. The van der Waals surface area contributed by atoms with Crippen molar-refractivity contribution >= 4 is 0 Å². The fourth-order valence-electron chi connectivity index (χ4n) is 3.38. The summed E-state index contributed by atoms with van der Waals surface area (Å²) >= 11 is 0. The minimum atomic E-state index is 0.171. The van der Waals surface area contributed by atoms with Crippen molar-refractivity contribution in [2.45, 2.75) is 69.6 Å². The quantitative estimate of drug-likeness (QED) is 0.822. The Kier molecular flexibility index (Phi) is 4.45. The number of aliphatic hydroxyl groups excluding tert-OH is 1. The molecule has 0 aromatic rings. The Morgan fingerprint density at radius 2 is 2.06 bits per heavy atom. The number of aliphatic hydroxyl groups is 1. The van der Waals surface area contributed by atoms with E-state index >= 15 is 0 Å². The van der Waals surface area contributed by atoms with Crippen LogP contribution < -0.4 is 0 Å². The van der Waals surface area contributed by atoms with Crippen LogP contribution in [0.3, 0.4) is 0 Å². The molecule has 0 amide bonds. The maximum Gasteiger partial charge on any atom is 0.0697 e. The van der Waals surface area contributed by atoms with Gasteiger partial charge in [-0.25, -0.2) is 0 Å². The van der Waals surface area contributed by atoms with Crippen LogP contribution in [0.2, 0.25) is 0 Å². The summed E-state index contributed by atoms with van der Waals surface area (Å²) in [6.45, 7) is 3.25. The second-order valence-electron chi connectivity index (χ2n) is 5.94. The van der Waals surface area contributed by atoms with Gasteiger partial charge in [0.05, 0.1) is 12.2 Å². The second kappa shape index (κ2) is 5.68. The van der Waals surface area contributed by atoms with Crippen LogP contribution in [0.25, 0.3) is 0 Å². The van der Waals surface area contributed by atoms with Gasteiger partial charge in [0.15, 0.2) is 0 Å². The van der Waals surface area contributed by atoms with Crippen molar-refractivity contribution < 1.29 is 9.84 Å². The highest BCUT2D eigenvalue weighted by molar-refractivity contribution is 4.93. The number of hydrogen-bond acceptors (Lipinski definition) is 3. The molecule has 2 rings (SSSR count). The predicted molar refractivity (Wildman–Crippen MR) is 69.1 cm³/mol. The Bertz CT molecular complexity index is 233. The average molecular weight is 241 g/mol. The summed E-state index contributed by atoms with van der Waals surface area (Å²) in [7, 11) is 2.15. The highest BCUT2D eigenvalue weighted by Gasteiger charge is 2.40. The minimum absolute atomic E-state index is 0.171. The molecular weight excluding hydrogens is 214 g/mol. The zero-order chi connectivity index (χ0) is 12.3. The third-order valence-corrected chi connectivity index (χ3v) is 4.77. The number of likely N-dealkylation sites (N-methyl/N-ethyl adjacent to an activating group) is 1. The van der Waals surface area contributed by atoms with E-state index < -0.39 is 0 Å². The van der Waals surface area contributed by atoms with Crippen LogP contribution in [-0.4, -0.2) is 48.0 Å². The van der Waals surface area contributed by atoms with Gasteiger partial charge in [-0.2, -0.15) is 0 Å². The minimum Gasteiger partial charge on any atom is -0.395 e. The molecule has 0 aromatic heterocycles. The average Bonchev–Trinajstić information content (AvgIpc) is 2.38. The van der Waals surface area contributed by atoms with Gasteiger partial charge < -0.3 is 9.84 Å². The van der Waals surface area contributed by atoms with Gasteiger partial charge in [-0.15, -0.1) is 0 Å². The van der Waals surface area contributed by atoms with Gasteiger partial charge >= 0.3 is 0 Å². The van der Waals surface area contributed by atoms with Crippen molar-refractivity contribution in [1.82, 2.24) is 4.90 Å². The van der Waals surface area contributed by atoms with Crippen LogP contribution in [0.4, 0.5) is 0 Å². The van der Waals surface area contributed by atoms with Crippen LogP contribution in [-0.2, 0) is 4.74 Å². The lowest BCUT2D eigenvalue weighted by molar-refractivity contribution is -0.126. The lowest BCUT2D eigenvalue weighted by atomic mass is 9.78. The van der Waals surface area contributed by atoms with E-state index in [1.54, 1.807) is 0 Å². The number of nitrogens with zero attached hydrogens (tertiary/aromatic N) is 1. The molecular formula is C14H27NO2. The first-order valence-electron chi connectivity index (χ1n) is 7.14. The lowest BCUT2D eigenvalue weighted by Crippen LogP contribution is -2.51. The smallest absolute Gasteiger partial charge is 0.0697 e. The molecule has 1 spiro atoms. The zero-order valence-electron chi connectivity index (χ0n) is 11.3. The Morgan fingerprint density at radius 1 is 1.35 bits per heavy atom. The van der Waals surface area contributed by atoms with Crippen LogP contribution in [0.15, 0.2) is 0 Å². The molecule has 3 nitrogen and oxygen atoms in total. The molecule has 0 aromatic carbocycles. The van der Waals surface area contributed by atoms with Crippen molar-refractivity contribution in [3.8, 4) is 0 Å². The lowest BCUT2D eigenvalue weighted by Gasteiger charge is -2.46. The van der Waals surface area contributed by atoms with Crippen molar-refractivity contribution in [1.29, 1.82) is 0 Å². The van der Waals surface area contributed by atoms with E-state index in [9.17, 15) is 5.11 Å². The molecule has 0 radical (unpaired) electrons. The Labute approximate surface area is 105 Å². The van der Waals surface area contributed by atoms with E-state index in [4.69, 9.17) is 4.74 Å². The van der Waals surface area contributed by atoms with Crippen LogP contribution in [0.5, 0.6) is 0 Å². The highest BCUT2D eigenvalue weighted by atomic mass is 16.5. The van der Waals surface area contributed by atoms with Crippen LogP contribution >= 0.6 is 0 Å². The van der Waals surface area contributed by atoms with Gasteiger partial charge in [-0.05, 0) is 39.7 Å². The first kappa shape index (κ1) is 13.3.